The van der Waals surface area contributed by atoms with Gasteiger partial charge < -0.3 is 10.2 Å². The molecule has 0 saturated carbocycles. The van der Waals surface area contributed by atoms with Crippen molar-refractivity contribution in [2.45, 2.75) is 46.3 Å². The Morgan fingerprint density at radius 1 is 1.44 bits per heavy atom. The molecule has 0 unspecified atom stereocenters. The molecule has 0 aromatic heterocycles. The summed E-state index contributed by atoms with van der Waals surface area (Å²) in [6, 6.07) is 1.98. The Balaban J connectivity index is 3.12. The number of nitriles is 1. The lowest BCUT2D eigenvalue weighted by Gasteiger charge is -2.38. The summed E-state index contributed by atoms with van der Waals surface area (Å²) in [5.74, 6) is 0. The van der Waals surface area contributed by atoms with E-state index in [9.17, 15) is 10.2 Å². The van der Waals surface area contributed by atoms with Crippen molar-refractivity contribution in [2.24, 2.45) is 5.41 Å². The standard InChI is InChI=1S/C15H21NO2/c1-10(7-8-16)5-6-12-11(2)14(18)13(17)9-15(12,3)4/h5-7,13-14,17-18H,9H2,1-4H3/b6-5+,10-7+/t13-,14-/m0/s1. The van der Waals surface area contributed by atoms with Crippen LogP contribution in [0, 0.1) is 16.7 Å². The number of allylic oxidation sites excluding steroid dienone is 5. The summed E-state index contributed by atoms with van der Waals surface area (Å²) in [4.78, 5) is 0. The van der Waals surface area contributed by atoms with E-state index in [2.05, 4.69) is 13.8 Å². The van der Waals surface area contributed by atoms with Crippen LogP contribution in [0.2, 0.25) is 0 Å². The van der Waals surface area contributed by atoms with Gasteiger partial charge in [0.2, 0.25) is 0 Å². The molecule has 0 fully saturated rings. The van der Waals surface area contributed by atoms with Crippen molar-refractivity contribution in [1.29, 1.82) is 5.26 Å². The Morgan fingerprint density at radius 3 is 2.61 bits per heavy atom. The number of aliphatic hydroxyl groups is 2. The molecule has 0 bridgehead atoms. The second-order valence-electron chi connectivity index (χ2n) is 5.55. The van der Waals surface area contributed by atoms with Crippen molar-refractivity contribution in [3.05, 3.63) is 34.9 Å². The highest BCUT2D eigenvalue weighted by atomic mass is 16.3. The van der Waals surface area contributed by atoms with Gasteiger partial charge in [-0.3, -0.25) is 0 Å². The van der Waals surface area contributed by atoms with E-state index in [1.165, 1.54) is 6.08 Å². The van der Waals surface area contributed by atoms with Crippen molar-refractivity contribution in [3.8, 4) is 6.07 Å². The molecule has 98 valence electrons. The van der Waals surface area contributed by atoms with E-state index < -0.39 is 12.2 Å². The first-order valence-corrected chi connectivity index (χ1v) is 6.11. The first-order valence-electron chi connectivity index (χ1n) is 6.11. The third kappa shape index (κ3) is 3.10. The Kier molecular flexibility index (Phi) is 4.50. The average molecular weight is 247 g/mol. The number of hydrogen-bond acceptors (Lipinski definition) is 3. The maximum Gasteiger partial charge on any atom is 0.101 e. The second-order valence-corrected chi connectivity index (χ2v) is 5.55. The molecule has 3 nitrogen and oxygen atoms in total. The number of rotatable bonds is 2. The lowest BCUT2D eigenvalue weighted by molar-refractivity contribution is 0.00686. The van der Waals surface area contributed by atoms with Crippen molar-refractivity contribution < 1.29 is 10.2 Å². The van der Waals surface area contributed by atoms with Crippen LogP contribution in [0.25, 0.3) is 0 Å². The van der Waals surface area contributed by atoms with Crippen LogP contribution in [0.5, 0.6) is 0 Å². The fourth-order valence-corrected chi connectivity index (χ4v) is 2.45. The smallest absolute Gasteiger partial charge is 0.101 e. The molecule has 0 spiro atoms. The van der Waals surface area contributed by atoms with Crippen molar-refractivity contribution in [1.82, 2.24) is 0 Å². The van der Waals surface area contributed by atoms with Crippen LogP contribution < -0.4 is 0 Å². The maximum absolute atomic E-state index is 9.91. The highest BCUT2D eigenvalue weighted by molar-refractivity contribution is 5.39. The van der Waals surface area contributed by atoms with Gasteiger partial charge >= 0.3 is 0 Å². The summed E-state index contributed by atoms with van der Waals surface area (Å²) < 4.78 is 0. The minimum atomic E-state index is -0.794. The van der Waals surface area contributed by atoms with Crippen LogP contribution in [0.15, 0.2) is 34.9 Å². The molecule has 0 radical (unpaired) electrons. The van der Waals surface area contributed by atoms with Gasteiger partial charge in [-0.05, 0) is 42.4 Å². The van der Waals surface area contributed by atoms with Crippen LogP contribution in [-0.2, 0) is 0 Å². The minimum Gasteiger partial charge on any atom is -0.390 e. The van der Waals surface area contributed by atoms with Gasteiger partial charge in [0.05, 0.1) is 12.2 Å². The zero-order chi connectivity index (χ0) is 13.9. The van der Waals surface area contributed by atoms with Crippen LogP contribution in [-0.4, -0.2) is 22.4 Å². The molecule has 2 N–H and O–H groups in total. The van der Waals surface area contributed by atoms with E-state index >= 15 is 0 Å². The minimum absolute atomic E-state index is 0.174. The summed E-state index contributed by atoms with van der Waals surface area (Å²) in [6.45, 7) is 7.80. The Labute approximate surface area is 109 Å². The summed E-state index contributed by atoms with van der Waals surface area (Å²) in [5.41, 5.74) is 2.53. The normalized spacial score (nSPS) is 28.6. The average Bonchev–Trinajstić information content (AvgIpc) is 2.25. The number of aliphatic hydroxyl groups excluding tert-OH is 2. The first-order chi connectivity index (χ1) is 8.29. The third-order valence-electron chi connectivity index (χ3n) is 3.49. The predicted molar refractivity (Wildman–Crippen MR) is 71.6 cm³/mol. The van der Waals surface area contributed by atoms with Crippen molar-refractivity contribution in [3.63, 3.8) is 0 Å². The quantitative estimate of drug-likeness (QED) is 0.582. The monoisotopic (exact) mass is 247 g/mol. The molecular formula is C15H21NO2. The molecule has 1 aliphatic carbocycles. The Morgan fingerprint density at radius 2 is 2.06 bits per heavy atom. The van der Waals surface area contributed by atoms with Gasteiger partial charge in [-0.25, -0.2) is 0 Å². The zero-order valence-corrected chi connectivity index (χ0v) is 11.4. The van der Waals surface area contributed by atoms with Crippen LogP contribution in [0.1, 0.15) is 34.1 Å². The molecule has 0 aromatic carbocycles. The molecular weight excluding hydrogens is 226 g/mol. The van der Waals surface area contributed by atoms with E-state index in [0.29, 0.717) is 6.42 Å². The largest absolute Gasteiger partial charge is 0.390 e. The number of hydrogen-bond donors (Lipinski definition) is 2. The second kappa shape index (κ2) is 5.51. The summed E-state index contributed by atoms with van der Waals surface area (Å²) >= 11 is 0. The SMILES string of the molecule is CC1=C(/C=C/C(C)=C/C#N)C(C)(C)C[C@H](O)[C@H]1O. The molecule has 1 rings (SSSR count). The molecule has 2 atom stereocenters. The van der Waals surface area contributed by atoms with Crippen LogP contribution in [0.4, 0.5) is 0 Å². The predicted octanol–water partition coefficient (Wildman–Crippen LogP) is 2.48. The highest BCUT2D eigenvalue weighted by Gasteiger charge is 2.36. The van der Waals surface area contributed by atoms with Crippen molar-refractivity contribution in [2.75, 3.05) is 0 Å². The molecule has 1 aliphatic rings. The lowest BCUT2D eigenvalue weighted by atomic mass is 9.70. The van der Waals surface area contributed by atoms with E-state index in [0.717, 1.165) is 16.7 Å². The van der Waals surface area contributed by atoms with E-state index in [-0.39, 0.29) is 5.41 Å². The van der Waals surface area contributed by atoms with Gasteiger partial charge in [0.25, 0.3) is 0 Å². The lowest BCUT2D eigenvalue weighted by Crippen LogP contribution is -2.38. The highest BCUT2D eigenvalue weighted by Crippen LogP contribution is 2.41. The fraction of sp³-hybridized carbons (Fsp3) is 0.533. The van der Waals surface area contributed by atoms with Crippen LogP contribution in [0.3, 0.4) is 0 Å². The number of nitrogens with zero attached hydrogens (tertiary/aromatic N) is 1. The summed E-state index contributed by atoms with van der Waals surface area (Å²) in [5, 5.41) is 28.3. The van der Waals surface area contributed by atoms with E-state index in [1.54, 1.807) is 0 Å². The Hall–Kier alpha value is -1.37. The molecule has 0 amide bonds. The van der Waals surface area contributed by atoms with E-state index in [4.69, 9.17) is 5.26 Å². The fourth-order valence-electron chi connectivity index (χ4n) is 2.45. The van der Waals surface area contributed by atoms with Gasteiger partial charge in [-0.1, -0.05) is 26.0 Å². The van der Waals surface area contributed by atoms with E-state index in [1.807, 2.05) is 32.1 Å². The summed E-state index contributed by atoms with van der Waals surface area (Å²) in [6.07, 6.45) is 4.33. The topological polar surface area (TPSA) is 64.2 Å². The van der Waals surface area contributed by atoms with Crippen molar-refractivity contribution >= 4 is 0 Å². The Bertz CT molecular complexity index is 450. The molecule has 0 aromatic rings. The first kappa shape index (κ1) is 14.7. The molecule has 0 heterocycles. The van der Waals surface area contributed by atoms with Gasteiger partial charge in [0, 0.05) is 6.08 Å². The van der Waals surface area contributed by atoms with Gasteiger partial charge in [0.1, 0.15) is 6.10 Å². The molecule has 3 heteroatoms. The molecule has 0 aliphatic heterocycles. The molecule has 18 heavy (non-hydrogen) atoms. The zero-order valence-electron chi connectivity index (χ0n) is 11.4. The third-order valence-corrected chi connectivity index (χ3v) is 3.49. The van der Waals surface area contributed by atoms with Gasteiger partial charge in [0.15, 0.2) is 0 Å². The van der Waals surface area contributed by atoms with Gasteiger partial charge in [-0.15, -0.1) is 0 Å². The maximum atomic E-state index is 9.91. The van der Waals surface area contributed by atoms with Crippen LogP contribution >= 0.6 is 0 Å². The molecule has 0 saturated heterocycles. The van der Waals surface area contributed by atoms with Gasteiger partial charge in [-0.2, -0.15) is 5.26 Å². The summed E-state index contributed by atoms with van der Waals surface area (Å²) in [7, 11) is 0.